The number of furan rings is 1. The molecule has 0 bridgehead atoms. The van der Waals surface area contributed by atoms with Crippen LogP contribution in [-0.4, -0.2) is 12.1 Å². The van der Waals surface area contributed by atoms with Gasteiger partial charge in [0.1, 0.15) is 12.4 Å². The fourth-order valence-electron chi connectivity index (χ4n) is 1.59. The molecule has 3 heteroatoms. The van der Waals surface area contributed by atoms with E-state index in [0.717, 1.165) is 25.3 Å². The lowest BCUT2D eigenvalue weighted by Crippen LogP contribution is -2.34. The van der Waals surface area contributed by atoms with E-state index < -0.39 is 0 Å². The molecule has 0 saturated carbocycles. The van der Waals surface area contributed by atoms with E-state index in [4.69, 9.17) is 9.15 Å². The molecule has 0 unspecified atom stereocenters. The van der Waals surface area contributed by atoms with E-state index >= 15 is 0 Å². The minimum Gasteiger partial charge on any atom is -0.467 e. The summed E-state index contributed by atoms with van der Waals surface area (Å²) in [6, 6.07) is 2.07. The molecule has 1 heterocycles. The molecular formula is C15H27NO2. The number of hydrogen-bond donors (Lipinski definition) is 1. The van der Waals surface area contributed by atoms with Crippen molar-refractivity contribution >= 4 is 0 Å². The number of rotatable bonds is 8. The van der Waals surface area contributed by atoms with Gasteiger partial charge in [-0.05, 0) is 33.3 Å². The SMILES string of the molecule is CCCCCOCc1cc(CNC(C)(C)C)co1. The lowest BCUT2D eigenvalue weighted by Gasteiger charge is -2.19. The minimum atomic E-state index is 0.133. The number of hydrogen-bond acceptors (Lipinski definition) is 3. The molecule has 0 fully saturated rings. The molecule has 1 rings (SSSR count). The summed E-state index contributed by atoms with van der Waals surface area (Å²) in [6.45, 7) is 10.9. The van der Waals surface area contributed by atoms with Gasteiger partial charge in [-0.3, -0.25) is 0 Å². The van der Waals surface area contributed by atoms with Crippen LogP contribution in [0.3, 0.4) is 0 Å². The Morgan fingerprint density at radius 1 is 1.28 bits per heavy atom. The third-order valence-electron chi connectivity index (χ3n) is 2.67. The van der Waals surface area contributed by atoms with E-state index in [2.05, 4.69) is 39.1 Å². The molecule has 18 heavy (non-hydrogen) atoms. The molecule has 1 N–H and O–H groups in total. The highest BCUT2D eigenvalue weighted by atomic mass is 16.5. The Hall–Kier alpha value is -0.800. The molecule has 3 nitrogen and oxygen atoms in total. The van der Waals surface area contributed by atoms with Crippen molar-refractivity contribution in [2.45, 2.75) is 65.6 Å². The fraction of sp³-hybridized carbons (Fsp3) is 0.733. The number of unbranched alkanes of at least 4 members (excludes halogenated alkanes) is 2. The van der Waals surface area contributed by atoms with Crippen LogP contribution in [0.1, 0.15) is 58.3 Å². The van der Waals surface area contributed by atoms with Crippen LogP contribution in [0.15, 0.2) is 16.7 Å². The van der Waals surface area contributed by atoms with E-state index in [-0.39, 0.29) is 5.54 Å². The Morgan fingerprint density at radius 3 is 2.72 bits per heavy atom. The van der Waals surface area contributed by atoms with Gasteiger partial charge >= 0.3 is 0 Å². The molecule has 0 amide bonds. The van der Waals surface area contributed by atoms with Crippen molar-refractivity contribution in [3.05, 3.63) is 23.7 Å². The second kappa shape index (κ2) is 7.59. The van der Waals surface area contributed by atoms with E-state index in [1.807, 2.05) is 6.26 Å². The first-order chi connectivity index (χ1) is 8.51. The Bertz CT molecular complexity index is 325. The smallest absolute Gasteiger partial charge is 0.129 e. The van der Waals surface area contributed by atoms with Gasteiger partial charge in [0, 0.05) is 24.3 Å². The summed E-state index contributed by atoms with van der Waals surface area (Å²) in [5.74, 6) is 0.914. The predicted molar refractivity (Wildman–Crippen MR) is 74.5 cm³/mol. The van der Waals surface area contributed by atoms with Crippen LogP contribution in [0.2, 0.25) is 0 Å². The topological polar surface area (TPSA) is 34.4 Å². The highest BCUT2D eigenvalue weighted by Crippen LogP contribution is 2.11. The maximum atomic E-state index is 5.57. The maximum absolute atomic E-state index is 5.57. The standard InChI is InChI=1S/C15H27NO2/c1-5-6-7-8-17-12-14-9-13(11-18-14)10-16-15(2,3)4/h9,11,16H,5-8,10,12H2,1-4H3. The molecule has 1 aromatic heterocycles. The van der Waals surface area contributed by atoms with E-state index in [9.17, 15) is 0 Å². The van der Waals surface area contributed by atoms with Gasteiger partial charge in [-0.1, -0.05) is 19.8 Å². The van der Waals surface area contributed by atoms with Crippen LogP contribution in [0.25, 0.3) is 0 Å². The molecule has 0 aliphatic heterocycles. The monoisotopic (exact) mass is 253 g/mol. The van der Waals surface area contributed by atoms with Crippen LogP contribution in [0, 0.1) is 0 Å². The van der Waals surface area contributed by atoms with Crippen LogP contribution >= 0.6 is 0 Å². The van der Waals surface area contributed by atoms with Crippen LogP contribution in [-0.2, 0) is 17.9 Å². The van der Waals surface area contributed by atoms with Gasteiger partial charge in [0.15, 0.2) is 0 Å². The average molecular weight is 253 g/mol. The van der Waals surface area contributed by atoms with Crippen molar-refractivity contribution < 1.29 is 9.15 Å². The average Bonchev–Trinajstić information content (AvgIpc) is 2.73. The summed E-state index contributed by atoms with van der Waals surface area (Å²) in [7, 11) is 0. The van der Waals surface area contributed by atoms with Crippen molar-refractivity contribution in [2.24, 2.45) is 0 Å². The lowest BCUT2D eigenvalue weighted by atomic mass is 10.1. The molecule has 104 valence electrons. The minimum absolute atomic E-state index is 0.133. The van der Waals surface area contributed by atoms with Crippen molar-refractivity contribution in [2.75, 3.05) is 6.61 Å². The summed E-state index contributed by atoms with van der Waals surface area (Å²) < 4.78 is 11.0. The second-order valence-electron chi connectivity index (χ2n) is 5.78. The van der Waals surface area contributed by atoms with Crippen molar-refractivity contribution in [3.8, 4) is 0 Å². The summed E-state index contributed by atoms with van der Waals surface area (Å²) >= 11 is 0. The van der Waals surface area contributed by atoms with E-state index in [1.54, 1.807) is 0 Å². The van der Waals surface area contributed by atoms with Gasteiger partial charge in [0.05, 0.1) is 6.26 Å². The lowest BCUT2D eigenvalue weighted by molar-refractivity contribution is 0.103. The van der Waals surface area contributed by atoms with Crippen LogP contribution < -0.4 is 5.32 Å². The molecule has 0 aromatic carbocycles. The first-order valence-electron chi connectivity index (χ1n) is 6.90. The van der Waals surface area contributed by atoms with Crippen molar-refractivity contribution in [3.63, 3.8) is 0 Å². The van der Waals surface area contributed by atoms with Gasteiger partial charge in [0.2, 0.25) is 0 Å². The zero-order valence-corrected chi connectivity index (χ0v) is 12.2. The third kappa shape index (κ3) is 6.82. The van der Waals surface area contributed by atoms with Gasteiger partial charge < -0.3 is 14.5 Å². The highest BCUT2D eigenvalue weighted by Gasteiger charge is 2.09. The summed E-state index contributed by atoms with van der Waals surface area (Å²) in [6.07, 6.45) is 5.41. The molecule has 0 spiro atoms. The molecule has 0 saturated heterocycles. The van der Waals surface area contributed by atoms with Gasteiger partial charge in [-0.25, -0.2) is 0 Å². The largest absolute Gasteiger partial charge is 0.467 e. The Kier molecular flexibility index (Phi) is 6.44. The number of ether oxygens (including phenoxy) is 1. The fourth-order valence-corrected chi connectivity index (χ4v) is 1.59. The zero-order valence-electron chi connectivity index (χ0n) is 12.2. The molecular weight excluding hydrogens is 226 g/mol. The van der Waals surface area contributed by atoms with Crippen LogP contribution in [0.5, 0.6) is 0 Å². The molecule has 0 aliphatic carbocycles. The summed E-state index contributed by atoms with van der Waals surface area (Å²) in [5, 5.41) is 3.43. The van der Waals surface area contributed by atoms with Gasteiger partial charge in [0.25, 0.3) is 0 Å². The summed E-state index contributed by atoms with van der Waals surface area (Å²) in [5.41, 5.74) is 1.31. The first kappa shape index (κ1) is 15.3. The van der Waals surface area contributed by atoms with E-state index in [1.165, 1.54) is 18.4 Å². The van der Waals surface area contributed by atoms with E-state index in [0.29, 0.717) is 6.61 Å². The molecule has 0 radical (unpaired) electrons. The van der Waals surface area contributed by atoms with Crippen LogP contribution in [0.4, 0.5) is 0 Å². The quantitative estimate of drug-likeness (QED) is 0.714. The van der Waals surface area contributed by atoms with Gasteiger partial charge in [-0.2, -0.15) is 0 Å². The third-order valence-corrected chi connectivity index (χ3v) is 2.67. The maximum Gasteiger partial charge on any atom is 0.129 e. The first-order valence-corrected chi connectivity index (χ1v) is 6.90. The Morgan fingerprint density at radius 2 is 2.06 bits per heavy atom. The van der Waals surface area contributed by atoms with Crippen molar-refractivity contribution in [1.29, 1.82) is 0 Å². The normalized spacial score (nSPS) is 12.0. The molecule has 1 aromatic rings. The highest BCUT2D eigenvalue weighted by molar-refractivity contribution is 5.12. The summed E-state index contributed by atoms with van der Waals surface area (Å²) in [4.78, 5) is 0. The zero-order chi connectivity index (χ0) is 13.4. The molecule has 0 aliphatic rings. The second-order valence-corrected chi connectivity index (χ2v) is 5.78. The Balaban J connectivity index is 2.22. The van der Waals surface area contributed by atoms with Crippen molar-refractivity contribution in [1.82, 2.24) is 5.32 Å². The Labute approximate surface area is 111 Å². The predicted octanol–water partition coefficient (Wildman–Crippen LogP) is 3.87. The molecule has 0 atom stereocenters. The number of nitrogens with one attached hydrogen (secondary N) is 1. The van der Waals surface area contributed by atoms with Gasteiger partial charge in [-0.15, -0.1) is 0 Å².